The predicted molar refractivity (Wildman–Crippen MR) is 65.5 cm³/mol. The van der Waals surface area contributed by atoms with E-state index in [1.165, 1.54) is 11.0 Å². The van der Waals surface area contributed by atoms with Crippen LogP contribution in [0.15, 0.2) is 18.2 Å². The second-order valence-electron chi connectivity index (χ2n) is 4.43. The highest BCUT2D eigenvalue weighted by Crippen LogP contribution is 2.25. The van der Waals surface area contributed by atoms with Gasteiger partial charge in [-0.05, 0) is 23.6 Å². The van der Waals surface area contributed by atoms with Crippen LogP contribution < -0.4 is 0 Å². The highest BCUT2D eigenvalue weighted by molar-refractivity contribution is 6.00. The van der Waals surface area contributed by atoms with E-state index in [2.05, 4.69) is 0 Å². The topological polar surface area (TPSA) is 57.6 Å². The number of hydrogen-bond donors (Lipinski definition) is 1. The molecule has 1 aromatic carbocycles. The van der Waals surface area contributed by atoms with Crippen molar-refractivity contribution in [3.63, 3.8) is 0 Å². The number of carboxylic acid groups (broad SMARTS) is 1. The lowest BCUT2D eigenvalue weighted by Crippen LogP contribution is -2.24. The van der Waals surface area contributed by atoms with Gasteiger partial charge in [0.25, 0.3) is 5.91 Å². The van der Waals surface area contributed by atoms with Crippen molar-refractivity contribution in [3.8, 4) is 0 Å². The standard InChI is InChI=1S/C13H17NO3/c1-8(2)11-9(12(15)14(3)4)6-5-7-10(11)13(16)17/h5-8H,1-4H3,(H,16,17). The van der Waals surface area contributed by atoms with Crippen LogP contribution in [0.3, 0.4) is 0 Å². The normalized spacial score (nSPS) is 10.4. The minimum absolute atomic E-state index is 0.0128. The van der Waals surface area contributed by atoms with E-state index in [9.17, 15) is 9.59 Å². The van der Waals surface area contributed by atoms with Crippen molar-refractivity contribution >= 4 is 11.9 Å². The quantitative estimate of drug-likeness (QED) is 0.873. The van der Waals surface area contributed by atoms with Crippen molar-refractivity contribution in [1.82, 2.24) is 4.90 Å². The molecule has 0 aliphatic rings. The number of nitrogens with zero attached hydrogens (tertiary/aromatic N) is 1. The fourth-order valence-corrected chi connectivity index (χ4v) is 1.80. The first kappa shape index (κ1) is 13.2. The Bertz CT molecular complexity index is 450. The Morgan fingerprint density at radius 3 is 2.12 bits per heavy atom. The zero-order valence-electron chi connectivity index (χ0n) is 10.5. The summed E-state index contributed by atoms with van der Waals surface area (Å²) in [5.41, 5.74) is 1.26. The Labute approximate surface area is 101 Å². The molecule has 1 amide bonds. The monoisotopic (exact) mass is 235 g/mol. The zero-order chi connectivity index (χ0) is 13.2. The first-order valence-electron chi connectivity index (χ1n) is 5.44. The van der Waals surface area contributed by atoms with E-state index < -0.39 is 5.97 Å². The minimum atomic E-state index is -0.998. The van der Waals surface area contributed by atoms with Gasteiger partial charge in [-0.3, -0.25) is 4.79 Å². The van der Waals surface area contributed by atoms with E-state index >= 15 is 0 Å². The van der Waals surface area contributed by atoms with Gasteiger partial charge in [0.05, 0.1) is 5.56 Å². The summed E-state index contributed by atoms with van der Waals surface area (Å²) in [6, 6.07) is 4.81. The second kappa shape index (κ2) is 4.99. The van der Waals surface area contributed by atoms with Crippen molar-refractivity contribution in [2.24, 2.45) is 0 Å². The van der Waals surface area contributed by atoms with Crippen LogP contribution in [-0.2, 0) is 0 Å². The Morgan fingerprint density at radius 2 is 1.71 bits per heavy atom. The van der Waals surface area contributed by atoms with E-state index in [-0.39, 0.29) is 17.4 Å². The van der Waals surface area contributed by atoms with Gasteiger partial charge >= 0.3 is 5.97 Å². The molecule has 0 aromatic heterocycles. The molecule has 4 heteroatoms. The summed E-state index contributed by atoms with van der Waals surface area (Å²) < 4.78 is 0. The maximum Gasteiger partial charge on any atom is 0.335 e. The second-order valence-corrected chi connectivity index (χ2v) is 4.43. The molecular weight excluding hydrogens is 218 g/mol. The number of aromatic carboxylic acids is 1. The predicted octanol–water partition coefficient (Wildman–Crippen LogP) is 2.21. The van der Waals surface area contributed by atoms with Crippen LogP contribution in [0.1, 0.15) is 46.0 Å². The molecule has 0 spiro atoms. The van der Waals surface area contributed by atoms with E-state index in [0.29, 0.717) is 11.1 Å². The van der Waals surface area contributed by atoms with Crippen LogP contribution in [0.2, 0.25) is 0 Å². The van der Waals surface area contributed by atoms with Crippen LogP contribution in [0.4, 0.5) is 0 Å². The summed E-state index contributed by atoms with van der Waals surface area (Å²) in [7, 11) is 3.31. The van der Waals surface area contributed by atoms with Gasteiger partial charge in [0, 0.05) is 19.7 Å². The largest absolute Gasteiger partial charge is 0.478 e. The van der Waals surface area contributed by atoms with Gasteiger partial charge in [-0.1, -0.05) is 19.9 Å². The molecule has 0 unspecified atom stereocenters. The molecule has 17 heavy (non-hydrogen) atoms. The molecule has 0 fully saturated rings. The molecule has 0 radical (unpaired) electrons. The van der Waals surface area contributed by atoms with Gasteiger partial charge in [-0.2, -0.15) is 0 Å². The summed E-state index contributed by atoms with van der Waals surface area (Å²) in [6.45, 7) is 3.77. The number of benzene rings is 1. The maximum atomic E-state index is 12.0. The summed E-state index contributed by atoms with van der Waals surface area (Å²) >= 11 is 0. The van der Waals surface area contributed by atoms with Crippen molar-refractivity contribution in [3.05, 3.63) is 34.9 Å². The summed E-state index contributed by atoms with van der Waals surface area (Å²) in [4.78, 5) is 24.6. The number of hydrogen-bond acceptors (Lipinski definition) is 2. The van der Waals surface area contributed by atoms with E-state index in [4.69, 9.17) is 5.11 Å². The summed E-state index contributed by atoms with van der Waals surface area (Å²) in [5.74, 6) is -1.18. The van der Waals surface area contributed by atoms with Gasteiger partial charge in [-0.25, -0.2) is 4.79 Å². The van der Waals surface area contributed by atoms with Crippen molar-refractivity contribution in [1.29, 1.82) is 0 Å². The Kier molecular flexibility index (Phi) is 3.89. The molecule has 0 aliphatic heterocycles. The molecule has 0 saturated heterocycles. The molecule has 1 rings (SSSR count). The molecule has 1 aromatic rings. The minimum Gasteiger partial charge on any atom is -0.478 e. The van der Waals surface area contributed by atoms with Crippen LogP contribution in [0, 0.1) is 0 Å². The summed E-state index contributed by atoms with van der Waals surface area (Å²) in [6.07, 6.45) is 0. The summed E-state index contributed by atoms with van der Waals surface area (Å²) in [5, 5.41) is 9.13. The lowest BCUT2D eigenvalue weighted by Gasteiger charge is -2.18. The Hall–Kier alpha value is -1.84. The Morgan fingerprint density at radius 1 is 1.18 bits per heavy atom. The number of amides is 1. The molecule has 92 valence electrons. The van der Waals surface area contributed by atoms with E-state index in [1.807, 2.05) is 13.8 Å². The first-order chi connectivity index (χ1) is 7.86. The van der Waals surface area contributed by atoms with Crippen LogP contribution in [0.5, 0.6) is 0 Å². The van der Waals surface area contributed by atoms with Crippen molar-refractivity contribution in [2.45, 2.75) is 19.8 Å². The lowest BCUT2D eigenvalue weighted by molar-refractivity contribution is 0.0695. The van der Waals surface area contributed by atoms with E-state index in [1.54, 1.807) is 26.2 Å². The van der Waals surface area contributed by atoms with Crippen LogP contribution >= 0.6 is 0 Å². The van der Waals surface area contributed by atoms with Gasteiger partial charge in [-0.15, -0.1) is 0 Å². The fourth-order valence-electron chi connectivity index (χ4n) is 1.80. The van der Waals surface area contributed by atoms with Crippen molar-refractivity contribution < 1.29 is 14.7 Å². The average Bonchev–Trinajstić information content (AvgIpc) is 2.26. The molecular formula is C13H17NO3. The molecule has 1 N–H and O–H groups in total. The zero-order valence-corrected chi connectivity index (χ0v) is 10.5. The fraction of sp³-hybridized carbons (Fsp3) is 0.385. The van der Waals surface area contributed by atoms with Gasteiger partial charge in [0.15, 0.2) is 0 Å². The lowest BCUT2D eigenvalue weighted by atomic mass is 9.91. The number of rotatable bonds is 3. The molecule has 0 aliphatic carbocycles. The third-order valence-corrected chi connectivity index (χ3v) is 2.55. The highest BCUT2D eigenvalue weighted by atomic mass is 16.4. The van der Waals surface area contributed by atoms with Crippen LogP contribution in [-0.4, -0.2) is 36.0 Å². The third-order valence-electron chi connectivity index (χ3n) is 2.55. The molecule has 0 bridgehead atoms. The highest BCUT2D eigenvalue weighted by Gasteiger charge is 2.21. The van der Waals surface area contributed by atoms with E-state index in [0.717, 1.165) is 0 Å². The SMILES string of the molecule is CC(C)c1c(C(=O)O)cccc1C(=O)N(C)C. The van der Waals surface area contributed by atoms with Crippen molar-refractivity contribution in [2.75, 3.05) is 14.1 Å². The smallest absolute Gasteiger partial charge is 0.335 e. The molecule has 0 atom stereocenters. The average molecular weight is 235 g/mol. The van der Waals surface area contributed by atoms with Crippen LogP contribution in [0.25, 0.3) is 0 Å². The number of carbonyl (C=O) groups excluding carboxylic acids is 1. The van der Waals surface area contributed by atoms with Gasteiger partial charge < -0.3 is 10.0 Å². The van der Waals surface area contributed by atoms with Gasteiger partial charge in [0.1, 0.15) is 0 Å². The maximum absolute atomic E-state index is 12.0. The molecule has 0 heterocycles. The first-order valence-corrected chi connectivity index (χ1v) is 5.44. The number of carbonyl (C=O) groups is 2. The molecule has 0 saturated carbocycles. The third kappa shape index (κ3) is 2.64. The Balaban J connectivity index is 3.45. The molecule has 4 nitrogen and oxygen atoms in total. The van der Waals surface area contributed by atoms with Gasteiger partial charge in [0.2, 0.25) is 0 Å². The number of carboxylic acids is 1.